The molecule has 1 aromatic heterocycles. The molecular weight excluding hydrogens is 287 g/mol. The lowest BCUT2D eigenvalue weighted by Gasteiger charge is -2.02. The standard InChI is InChI=1S/C13H11FO5S/c1-5(13(18)19)2-7(15)10-3-6-9(20-10)4-8(16)12(17)11(6)14/h3-5,16-17H,2H2,1H3,(H,18,19)/t5-/m0/s1. The molecule has 0 unspecified atom stereocenters. The number of aromatic hydroxyl groups is 2. The molecule has 1 heterocycles. The Morgan fingerprint density at radius 2 is 2.00 bits per heavy atom. The van der Waals surface area contributed by atoms with Crippen LogP contribution in [0.4, 0.5) is 4.39 Å². The molecule has 2 rings (SSSR count). The van der Waals surface area contributed by atoms with E-state index in [4.69, 9.17) is 5.11 Å². The fourth-order valence-electron chi connectivity index (χ4n) is 1.72. The number of Topliss-reactive ketones (excluding diaryl/α,β-unsaturated/α-hetero) is 1. The van der Waals surface area contributed by atoms with Gasteiger partial charge in [-0.2, -0.15) is 0 Å². The second kappa shape index (κ2) is 5.09. The molecule has 0 spiro atoms. The van der Waals surface area contributed by atoms with E-state index < -0.39 is 35.0 Å². The number of carboxylic acid groups (broad SMARTS) is 1. The molecular formula is C13H11FO5S. The Balaban J connectivity index is 2.40. The van der Waals surface area contributed by atoms with Crippen molar-refractivity contribution in [2.24, 2.45) is 5.92 Å². The van der Waals surface area contributed by atoms with Gasteiger partial charge < -0.3 is 15.3 Å². The normalized spacial score (nSPS) is 12.5. The van der Waals surface area contributed by atoms with Crippen LogP contribution in [-0.2, 0) is 4.79 Å². The molecule has 0 amide bonds. The van der Waals surface area contributed by atoms with Crippen molar-refractivity contribution in [2.45, 2.75) is 13.3 Å². The number of phenols is 2. The molecule has 106 valence electrons. The van der Waals surface area contributed by atoms with Gasteiger partial charge in [-0.15, -0.1) is 11.3 Å². The molecule has 1 aromatic carbocycles. The Bertz CT molecular complexity index is 706. The predicted molar refractivity (Wildman–Crippen MR) is 70.9 cm³/mol. The number of carboxylic acids is 1. The lowest BCUT2D eigenvalue weighted by Crippen LogP contribution is -2.13. The fraction of sp³-hybridized carbons (Fsp3) is 0.231. The van der Waals surface area contributed by atoms with Crippen LogP contribution in [0.5, 0.6) is 11.5 Å². The summed E-state index contributed by atoms with van der Waals surface area (Å²) in [6.45, 7) is 1.41. The maximum atomic E-state index is 13.7. The Kier molecular flexibility index (Phi) is 3.63. The second-order valence-corrected chi connectivity index (χ2v) is 5.53. The third-order valence-corrected chi connectivity index (χ3v) is 4.03. The van der Waals surface area contributed by atoms with Gasteiger partial charge in [0, 0.05) is 22.6 Å². The number of hydrogen-bond donors (Lipinski definition) is 3. The molecule has 0 aliphatic heterocycles. The van der Waals surface area contributed by atoms with Crippen molar-refractivity contribution in [1.82, 2.24) is 0 Å². The van der Waals surface area contributed by atoms with Crippen LogP contribution in [0.15, 0.2) is 12.1 Å². The minimum atomic E-state index is -1.08. The number of phenolic OH excluding ortho intramolecular Hbond substituents is 2. The monoisotopic (exact) mass is 298 g/mol. The molecule has 0 saturated carbocycles. The number of thiophene rings is 1. The van der Waals surface area contributed by atoms with Gasteiger partial charge in [0.1, 0.15) is 0 Å². The Labute approximate surface area is 116 Å². The smallest absolute Gasteiger partial charge is 0.306 e. The summed E-state index contributed by atoms with van der Waals surface area (Å²) in [5.74, 6) is -4.80. The van der Waals surface area contributed by atoms with E-state index in [-0.39, 0.29) is 16.7 Å². The fourth-order valence-corrected chi connectivity index (χ4v) is 2.76. The number of fused-ring (bicyclic) bond motifs is 1. The van der Waals surface area contributed by atoms with Crippen molar-refractivity contribution in [1.29, 1.82) is 0 Å². The summed E-state index contributed by atoms with van der Waals surface area (Å²) >= 11 is 0.943. The molecule has 0 radical (unpaired) electrons. The van der Waals surface area contributed by atoms with E-state index in [9.17, 15) is 24.2 Å². The van der Waals surface area contributed by atoms with Gasteiger partial charge in [0.15, 0.2) is 23.1 Å². The topological polar surface area (TPSA) is 94.8 Å². The molecule has 20 heavy (non-hydrogen) atoms. The van der Waals surface area contributed by atoms with Crippen LogP contribution in [0.25, 0.3) is 10.1 Å². The van der Waals surface area contributed by atoms with E-state index in [1.54, 1.807) is 0 Å². The van der Waals surface area contributed by atoms with Gasteiger partial charge in [-0.25, -0.2) is 4.39 Å². The number of aliphatic carboxylic acids is 1. The quantitative estimate of drug-likeness (QED) is 0.596. The third-order valence-electron chi connectivity index (χ3n) is 2.90. The van der Waals surface area contributed by atoms with Crippen LogP contribution >= 0.6 is 11.3 Å². The molecule has 0 aliphatic rings. The lowest BCUT2D eigenvalue weighted by atomic mass is 10.0. The van der Waals surface area contributed by atoms with E-state index in [0.29, 0.717) is 4.70 Å². The first-order valence-electron chi connectivity index (χ1n) is 5.71. The number of carbonyl (C=O) groups is 2. The summed E-state index contributed by atoms with van der Waals surface area (Å²) in [5.41, 5.74) is 0. The first kappa shape index (κ1) is 14.3. The summed E-state index contributed by atoms with van der Waals surface area (Å²) < 4.78 is 14.0. The molecule has 0 aliphatic carbocycles. The average molecular weight is 298 g/mol. The summed E-state index contributed by atoms with van der Waals surface area (Å²) in [6.07, 6.45) is -0.193. The zero-order valence-corrected chi connectivity index (χ0v) is 11.2. The van der Waals surface area contributed by atoms with Crippen molar-refractivity contribution in [3.63, 3.8) is 0 Å². The minimum absolute atomic E-state index is 0.0247. The van der Waals surface area contributed by atoms with Crippen LogP contribution in [0, 0.1) is 11.7 Å². The van der Waals surface area contributed by atoms with Crippen LogP contribution in [0.1, 0.15) is 23.0 Å². The molecule has 2 aromatic rings. The number of hydrogen-bond acceptors (Lipinski definition) is 5. The van der Waals surface area contributed by atoms with Crippen LogP contribution in [0.3, 0.4) is 0 Å². The lowest BCUT2D eigenvalue weighted by molar-refractivity contribution is -0.141. The van der Waals surface area contributed by atoms with Gasteiger partial charge in [-0.1, -0.05) is 6.92 Å². The summed E-state index contributed by atoms with van der Waals surface area (Å²) in [4.78, 5) is 22.8. The zero-order valence-electron chi connectivity index (χ0n) is 10.4. The number of halogens is 1. The highest BCUT2D eigenvalue weighted by molar-refractivity contribution is 7.20. The number of carbonyl (C=O) groups excluding carboxylic acids is 1. The largest absolute Gasteiger partial charge is 0.504 e. The number of ketones is 1. The Morgan fingerprint density at radius 3 is 2.60 bits per heavy atom. The first-order chi connectivity index (χ1) is 9.31. The molecule has 0 saturated heterocycles. The highest BCUT2D eigenvalue weighted by Crippen LogP contribution is 2.38. The molecule has 5 nitrogen and oxygen atoms in total. The predicted octanol–water partition coefficient (Wildman–Crippen LogP) is 2.75. The zero-order chi connectivity index (χ0) is 15.0. The third kappa shape index (κ3) is 2.44. The Morgan fingerprint density at radius 1 is 1.35 bits per heavy atom. The summed E-state index contributed by atoms with van der Waals surface area (Å²) in [7, 11) is 0. The van der Waals surface area contributed by atoms with Crippen molar-refractivity contribution in [3.05, 3.63) is 22.8 Å². The number of benzene rings is 1. The Hall–Kier alpha value is -2.15. The van der Waals surface area contributed by atoms with Crippen LogP contribution < -0.4 is 0 Å². The highest BCUT2D eigenvalue weighted by Gasteiger charge is 2.21. The SMILES string of the molecule is C[C@@H](CC(=O)c1cc2c(F)c(O)c(O)cc2s1)C(=O)O. The molecule has 0 fully saturated rings. The highest BCUT2D eigenvalue weighted by atomic mass is 32.1. The summed E-state index contributed by atoms with van der Waals surface area (Å²) in [6, 6.07) is 2.42. The van der Waals surface area contributed by atoms with Crippen LogP contribution in [0.2, 0.25) is 0 Å². The van der Waals surface area contributed by atoms with Gasteiger partial charge >= 0.3 is 5.97 Å². The maximum Gasteiger partial charge on any atom is 0.306 e. The van der Waals surface area contributed by atoms with Gasteiger partial charge in [0.25, 0.3) is 0 Å². The van der Waals surface area contributed by atoms with Gasteiger partial charge in [-0.05, 0) is 6.07 Å². The number of rotatable bonds is 4. The van der Waals surface area contributed by atoms with Crippen molar-refractivity contribution in [3.8, 4) is 11.5 Å². The first-order valence-corrected chi connectivity index (χ1v) is 6.53. The average Bonchev–Trinajstić information content (AvgIpc) is 2.80. The van der Waals surface area contributed by atoms with E-state index >= 15 is 0 Å². The second-order valence-electron chi connectivity index (χ2n) is 4.45. The van der Waals surface area contributed by atoms with E-state index in [0.717, 1.165) is 17.4 Å². The van der Waals surface area contributed by atoms with Crippen LogP contribution in [-0.4, -0.2) is 27.1 Å². The van der Waals surface area contributed by atoms with E-state index in [2.05, 4.69) is 0 Å². The van der Waals surface area contributed by atoms with E-state index in [1.807, 2.05) is 0 Å². The molecule has 7 heteroatoms. The molecule has 3 N–H and O–H groups in total. The summed E-state index contributed by atoms with van der Waals surface area (Å²) in [5, 5.41) is 27.4. The van der Waals surface area contributed by atoms with Crippen molar-refractivity contribution >= 4 is 33.2 Å². The van der Waals surface area contributed by atoms with Gasteiger partial charge in [0.2, 0.25) is 0 Å². The molecule has 0 bridgehead atoms. The maximum absolute atomic E-state index is 13.7. The minimum Gasteiger partial charge on any atom is -0.504 e. The van der Waals surface area contributed by atoms with Crippen molar-refractivity contribution in [2.75, 3.05) is 0 Å². The molecule has 1 atom stereocenters. The van der Waals surface area contributed by atoms with Gasteiger partial charge in [-0.3, -0.25) is 9.59 Å². The van der Waals surface area contributed by atoms with Gasteiger partial charge in [0.05, 0.1) is 10.8 Å². The van der Waals surface area contributed by atoms with E-state index in [1.165, 1.54) is 13.0 Å². The van der Waals surface area contributed by atoms with Crippen molar-refractivity contribution < 1.29 is 29.3 Å².